The summed E-state index contributed by atoms with van der Waals surface area (Å²) in [6.45, 7) is 1.60. The van der Waals surface area contributed by atoms with Crippen molar-refractivity contribution in [1.29, 1.82) is 0 Å². The van der Waals surface area contributed by atoms with Crippen molar-refractivity contribution in [2.75, 3.05) is 23.7 Å². The van der Waals surface area contributed by atoms with Gasteiger partial charge in [-0.3, -0.25) is 19.7 Å². The van der Waals surface area contributed by atoms with Crippen LogP contribution in [0, 0.1) is 0 Å². The lowest BCUT2D eigenvalue weighted by molar-refractivity contribution is -0.130. The maximum Gasteiger partial charge on any atom is 0.246 e. The molecule has 0 spiro atoms. The predicted molar refractivity (Wildman–Crippen MR) is 66.2 cm³/mol. The number of carbonyl (C=O) groups is 3. The molecule has 1 aliphatic rings. The summed E-state index contributed by atoms with van der Waals surface area (Å²) in [5.74, 6) is -0.859. The van der Waals surface area contributed by atoms with Gasteiger partial charge in [0.2, 0.25) is 11.8 Å². The lowest BCUT2D eigenvalue weighted by Gasteiger charge is -2.27. The monoisotopic (exact) mass is 247 g/mol. The van der Waals surface area contributed by atoms with Crippen LogP contribution in [0.25, 0.3) is 0 Å². The summed E-state index contributed by atoms with van der Waals surface area (Å²) in [5, 5.41) is 2.22. The standard InChI is InChI=1S/C12H13N3O3/c1-7(16)9-4-8(2-3-10(9)13)15-5-11(17)14-12(18)6-15/h2-4H,5-6,13H2,1H3,(H,14,17,18). The summed E-state index contributed by atoms with van der Waals surface area (Å²) in [6, 6.07) is 4.89. The van der Waals surface area contributed by atoms with Gasteiger partial charge in [0, 0.05) is 16.9 Å². The van der Waals surface area contributed by atoms with Crippen molar-refractivity contribution in [2.24, 2.45) is 0 Å². The highest BCUT2D eigenvalue weighted by molar-refractivity contribution is 6.04. The minimum atomic E-state index is -0.354. The van der Waals surface area contributed by atoms with Gasteiger partial charge in [0.05, 0.1) is 13.1 Å². The molecule has 1 fully saturated rings. The second-order valence-electron chi connectivity index (χ2n) is 4.16. The summed E-state index contributed by atoms with van der Waals surface area (Å²) in [5.41, 5.74) is 7.11. The van der Waals surface area contributed by atoms with Crippen LogP contribution < -0.4 is 16.0 Å². The number of rotatable bonds is 2. The van der Waals surface area contributed by atoms with Crippen LogP contribution in [0.1, 0.15) is 17.3 Å². The van der Waals surface area contributed by atoms with Gasteiger partial charge in [0.1, 0.15) is 0 Å². The third-order valence-corrected chi connectivity index (χ3v) is 2.73. The van der Waals surface area contributed by atoms with E-state index in [-0.39, 0.29) is 30.7 Å². The molecule has 2 amide bonds. The Labute approximate surface area is 104 Å². The fraction of sp³-hybridized carbons (Fsp3) is 0.250. The largest absolute Gasteiger partial charge is 0.398 e. The molecule has 6 heteroatoms. The first-order chi connectivity index (χ1) is 8.47. The molecule has 1 aromatic rings. The highest BCUT2D eigenvalue weighted by atomic mass is 16.2. The summed E-state index contributed by atoms with van der Waals surface area (Å²) in [7, 11) is 0. The van der Waals surface area contributed by atoms with Crippen molar-refractivity contribution >= 4 is 29.0 Å². The molecule has 0 aromatic heterocycles. The quantitative estimate of drug-likeness (QED) is 0.433. The van der Waals surface area contributed by atoms with Gasteiger partial charge in [-0.15, -0.1) is 0 Å². The summed E-state index contributed by atoms with van der Waals surface area (Å²) in [4.78, 5) is 35.5. The van der Waals surface area contributed by atoms with Gasteiger partial charge in [-0.05, 0) is 25.1 Å². The maximum atomic E-state index is 11.4. The summed E-state index contributed by atoms with van der Waals surface area (Å²) in [6.07, 6.45) is 0. The summed E-state index contributed by atoms with van der Waals surface area (Å²) < 4.78 is 0. The third-order valence-electron chi connectivity index (χ3n) is 2.73. The molecule has 6 nitrogen and oxygen atoms in total. The number of hydrogen-bond acceptors (Lipinski definition) is 5. The van der Waals surface area contributed by atoms with E-state index in [0.29, 0.717) is 16.9 Å². The zero-order valence-electron chi connectivity index (χ0n) is 9.90. The Morgan fingerprint density at radius 2 is 1.89 bits per heavy atom. The molecule has 1 aromatic carbocycles. The fourth-order valence-corrected chi connectivity index (χ4v) is 1.87. The molecule has 94 valence electrons. The van der Waals surface area contributed by atoms with Gasteiger partial charge in [-0.25, -0.2) is 0 Å². The van der Waals surface area contributed by atoms with E-state index in [4.69, 9.17) is 5.73 Å². The van der Waals surface area contributed by atoms with E-state index in [9.17, 15) is 14.4 Å². The number of piperazine rings is 1. The Bertz CT molecular complexity index is 523. The number of nitrogen functional groups attached to an aromatic ring is 1. The van der Waals surface area contributed by atoms with E-state index in [0.717, 1.165) is 0 Å². The van der Waals surface area contributed by atoms with E-state index in [1.54, 1.807) is 23.1 Å². The van der Waals surface area contributed by atoms with Crippen LogP contribution in [0.4, 0.5) is 11.4 Å². The molecule has 0 bridgehead atoms. The average Bonchev–Trinajstić information content (AvgIpc) is 2.27. The van der Waals surface area contributed by atoms with Crippen molar-refractivity contribution in [3.8, 4) is 0 Å². The minimum Gasteiger partial charge on any atom is -0.398 e. The highest BCUT2D eigenvalue weighted by Crippen LogP contribution is 2.22. The van der Waals surface area contributed by atoms with Crippen LogP contribution in [0.3, 0.4) is 0 Å². The highest BCUT2D eigenvalue weighted by Gasteiger charge is 2.23. The van der Waals surface area contributed by atoms with E-state index in [2.05, 4.69) is 5.32 Å². The van der Waals surface area contributed by atoms with Crippen molar-refractivity contribution in [1.82, 2.24) is 5.32 Å². The molecule has 18 heavy (non-hydrogen) atoms. The van der Waals surface area contributed by atoms with Crippen molar-refractivity contribution in [2.45, 2.75) is 6.92 Å². The molecule has 2 rings (SSSR count). The van der Waals surface area contributed by atoms with Gasteiger partial charge >= 0.3 is 0 Å². The number of nitrogens with zero attached hydrogens (tertiary/aromatic N) is 1. The zero-order chi connectivity index (χ0) is 13.3. The van der Waals surface area contributed by atoms with Crippen LogP contribution in [0.2, 0.25) is 0 Å². The van der Waals surface area contributed by atoms with Crippen LogP contribution in [0.5, 0.6) is 0 Å². The number of nitrogens with two attached hydrogens (primary N) is 1. The molecule has 1 aliphatic heterocycles. The predicted octanol–water partition coefficient (Wildman–Crippen LogP) is -0.0658. The van der Waals surface area contributed by atoms with Crippen LogP contribution in [-0.4, -0.2) is 30.7 Å². The molecule has 0 unspecified atom stereocenters. The molecule has 0 radical (unpaired) electrons. The Kier molecular flexibility index (Phi) is 3.01. The number of benzene rings is 1. The molecule has 0 atom stereocenters. The van der Waals surface area contributed by atoms with Crippen molar-refractivity contribution in [3.63, 3.8) is 0 Å². The zero-order valence-corrected chi connectivity index (χ0v) is 9.90. The SMILES string of the molecule is CC(=O)c1cc(N2CC(=O)NC(=O)C2)ccc1N. The van der Waals surface area contributed by atoms with Gasteiger partial charge < -0.3 is 10.6 Å². The number of hydrogen-bond donors (Lipinski definition) is 2. The smallest absolute Gasteiger partial charge is 0.246 e. The number of imide groups is 1. The lowest BCUT2D eigenvalue weighted by atomic mass is 10.1. The van der Waals surface area contributed by atoms with Crippen molar-refractivity contribution < 1.29 is 14.4 Å². The van der Waals surface area contributed by atoms with E-state index < -0.39 is 0 Å². The Balaban J connectivity index is 2.33. The number of nitrogens with one attached hydrogen (secondary N) is 1. The van der Waals surface area contributed by atoms with E-state index >= 15 is 0 Å². The Morgan fingerprint density at radius 1 is 1.28 bits per heavy atom. The van der Waals surface area contributed by atoms with Crippen LogP contribution >= 0.6 is 0 Å². The normalized spacial score (nSPS) is 15.5. The number of Topliss-reactive ketones (excluding diaryl/α,β-unsaturated/α-hetero) is 1. The number of amides is 2. The second-order valence-corrected chi connectivity index (χ2v) is 4.16. The number of carbonyl (C=O) groups excluding carboxylic acids is 3. The first-order valence-corrected chi connectivity index (χ1v) is 5.45. The van der Waals surface area contributed by atoms with Gasteiger partial charge in [-0.1, -0.05) is 0 Å². The Hall–Kier alpha value is -2.37. The molecule has 3 N–H and O–H groups in total. The Morgan fingerprint density at radius 3 is 2.44 bits per heavy atom. The van der Waals surface area contributed by atoms with E-state index in [1.165, 1.54) is 6.92 Å². The number of ketones is 1. The third kappa shape index (κ3) is 2.32. The average molecular weight is 247 g/mol. The van der Waals surface area contributed by atoms with Gasteiger partial charge in [0.25, 0.3) is 0 Å². The maximum absolute atomic E-state index is 11.4. The van der Waals surface area contributed by atoms with E-state index in [1.807, 2.05) is 0 Å². The van der Waals surface area contributed by atoms with Crippen molar-refractivity contribution in [3.05, 3.63) is 23.8 Å². The lowest BCUT2D eigenvalue weighted by Crippen LogP contribution is -2.51. The van der Waals surface area contributed by atoms with Crippen LogP contribution in [-0.2, 0) is 9.59 Å². The fourth-order valence-electron chi connectivity index (χ4n) is 1.87. The number of anilines is 2. The second kappa shape index (κ2) is 4.48. The molecule has 0 aliphatic carbocycles. The molecule has 1 saturated heterocycles. The van der Waals surface area contributed by atoms with Gasteiger partial charge in [0.15, 0.2) is 5.78 Å². The van der Waals surface area contributed by atoms with Gasteiger partial charge in [-0.2, -0.15) is 0 Å². The first kappa shape index (κ1) is 12.1. The summed E-state index contributed by atoms with van der Waals surface area (Å²) >= 11 is 0. The molecule has 1 heterocycles. The first-order valence-electron chi connectivity index (χ1n) is 5.45. The van der Waals surface area contributed by atoms with Crippen LogP contribution in [0.15, 0.2) is 18.2 Å². The molecular formula is C12H13N3O3. The molecule has 0 saturated carbocycles. The molecular weight excluding hydrogens is 234 g/mol. The topological polar surface area (TPSA) is 92.5 Å². The minimum absolute atomic E-state index is 0.0903.